The zero-order valence-corrected chi connectivity index (χ0v) is 17.3. The Hall–Kier alpha value is -1.89. The molecule has 1 aromatic heterocycles. The van der Waals surface area contributed by atoms with Gasteiger partial charge in [-0.1, -0.05) is 19.1 Å². The Kier molecular flexibility index (Phi) is 7.83. The molecule has 0 saturated carbocycles. The first-order chi connectivity index (χ1) is 12.6. The van der Waals surface area contributed by atoms with Crippen LogP contribution in [0.4, 0.5) is 5.00 Å². The summed E-state index contributed by atoms with van der Waals surface area (Å²) < 4.78 is 0. The van der Waals surface area contributed by atoms with Crippen LogP contribution in [0.2, 0.25) is 0 Å². The maximum atomic E-state index is 12.8. The van der Waals surface area contributed by atoms with Crippen LogP contribution >= 0.6 is 23.7 Å². The second-order valence-corrected chi connectivity index (χ2v) is 7.55. The van der Waals surface area contributed by atoms with Crippen LogP contribution in [0.5, 0.6) is 0 Å². The molecule has 2 N–H and O–H groups in total. The summed E-state index contributed by atoms with van der Waals surface area (Å²) in [6, 6.07) is 9.37. The first-order valence-corrected chi connectivity index (χ1v) is 9.92. The summed E-state index contributed by atoms with van der Waals surface area (Å²) in [4.78, 5) is 27.2. The van der Waals surface area contributed by atoms with Gasteiger partial charge in [0.2, 0.25) is 0 Å². The van der Waals surface area contributed by atoms with Crippen molar-refractivity contribution in [3.8, 4) is 0 Å². The number of rotatable bonds is 6. The van der Waals surface area contributed by atoms with Crippen LogP contribution in [0.3, 0.4) is 0 Å². The molecule has 2 amide bonds. The minimum atomic E-state index is -0.182. The topological polar surface area (TPSA) is 61.4 Å². The lowest BCUT2D eigenvalue weighted by atomic mass is 10.1. The van der Waals surface area contributed by atoms with Crippen molar-refractivity contribution >= 4 is 40.6 Å². The van der Waals surface area contributed by atoms with Crippen LogP contribution < -0.4 is 10.6 Å². The minimum absolute atomic E-state index is 0. The van der Waals surface area contributed by atoms with Gasteiger partial charge in [-0.25, -0.2) is 0 Å². The normalized spacial score (nSPS) is 16.1. The summed E-state index contributed by atoms with van der Waals surface area (Å²) in [6.45, 7) is 4.54. The predicted molar refractivity (Wildman–Crippen MR) is 113 cm³/mol. The van der Waals surface area contributed by atoms with Crippen molar-refractivity contribution in [3.63, 3.8) is 0 Å². The van der Waals surface area contributed by atoms with Gasteiger partial charge in [-0.3, -0.25) is 9.59 Å². The number of amides is 2. The Morgan fingerprint density at radius 2 is 1.96 bits per heavy atom. The molecule has 1 saturated heterocycles. The minimum Gasteiger partial charge on any atom is -0.338 e. The van der Waals surface area contributed by atoms with Gasteiger partial charge in [-0.2, -0.15) is 0 Å². The van der Waals surface area contributed by atoms with Crippen molar-refractivity contribution < 1.29 is 9.59 Å². The van der Waals surface area contributed by atoms with E-state index in [9.17, 15) is 9.59 Å². The Balaban J connectivity index is 0.00000261. The van der Waals surface area contributed by atoms with Gasteiger partial charge in [0, 0.05) is 18.7 Å². The Morgan fingerprint density at radius 1 is 1.22 bits per heavy atom. The Bertz CT molecular complexity index is 776. The molecule has 5 nitrogen and oxygen atoms in total. The first-order valence-electron chi connectivity index (χ1n) is 9.04. The highest BCUT2D eigenvalue weighted by Gasteiger charge is 2.28. The highest BCUT2D eigenvalue weighted by Crippen LogP contribution is 2.27. The van der Waals surface area contributed by atoms with E-state index in [-0.39, 0.29) is 24.2 Å². The maximum absolute atomic E-state index is 12.8. The number of nitrogens with zero attached hydrogens (tertiary/aromatic N) is 1. The number of likely N-dealkylation sites (tertiary alicyclic amines) is 1. The number of aryl methyl sites for hydroxylation is 1. The van der Waals surface area contributed by atoms with Crippen molar-refractivity contribution in [2.45, 2.75) is 19.8 Å². The van der Waals surface area contributed by atoms with Crippen LogP contribution in [0.15, 0.2) is 35.7 Å². The van der Waals surface area contributed by atoms with Crippen LogP contribution in [-0.4, -0.2) is 43.4 Å². The lowest BCUT2D eigenvalue weighted by molar-refractivity contribution is 0.0788. The van der Waals surface area contributed by atoms with E-state index in [2.05, 4.69) is 17.6 Å². The number of carbonyl (C=O) groups excluding carboxylic acids is 2. The predicted octanol–water partition coefficient (Wildman–Crippen LogP) is 3.67. The molecule has 1 unspecified atom stereocenters. The molecule has 7 heteroatoms. The fourth-order valence-electron chi connectivity index (χ4n) is 3.28. The van der Waals surface area contributed by atoms with Gasteiger partial charge in [-0.05, 0) is 61.5 Å². The SMILES string of the molecule is CCc1ccc(C(=O)Nc2sccc2C(=O)N2CCC(CNC)C2)cc1.Cl. The van der Waals surface area contributed by atoms with Crippen molar-refractivity contribution in [1.29, 1.82) is 0 Å². The molecule has 1 aliphatic rings. The van der Waals surface area contributed by atoms with Crippen LogP contribution in [0, 0.1) is 5.92 Å². The number of benzene rings is 1. The fourth-order valence-corrected chi connectivity index (χ4v) is 4.06. The third-order valence-corrected chi connectivity index (χ3v) is 5.64. The summed E-state index contributed by atoms with van der Waals surface area (Å²) in [5.74, 6) is 0.317. The highest BCUT2D eigenvalue weighted by atomic mass is 35.5. The first kappa shape index (κ1) is 21.4. The molecule has 1 aliphatic heterocycles. The van der Waals surface area contributed by atoms with E-state index in [1.807, 2.05) is 41.6 Å². The van der Waals surface area contributed by atoms with E-state index in [0.29, 0.717) is 22.0 Å². The zero-order valence-electron chi connectivity index (χ0n) is 15.7. The molecule has 0 spiro atoms. The van der Waals surface area contributed by atoms with Gasteiger partial charge in [-0.15, -0.1) is 23.7 Å². The van der Waals surface area contributed by atoms with E-state index in [1.165, 1.54) is 16.9 Å². The van der Waals surface area contributed by atoms with Gasteiger partial charge >= 0.3 is 0 Å². The number of hydrogen-bond acceptors (Lipinski definition) is 4. The maximum Gasteiger partial charge on any atom is 0.256 e. The highest BCUT2D eigenvalue weighted by molar-refractivity contribution is 7.14. The number of thiophene rings is 1. The summed E-state index contributed by atoms with van der Waals surface area (Å²) in [6.07, 6.45) is 1.96. The van der Waals surface area contributed by atoms with Gasteiger partial charge in [0.05, 0.1) is 5.56 Å². The number of hydrogen-bond donors (Lipinski definition) is 2. The molecule has 2 aromatic rings. The van der Waals surface area contributed by atoms with Crippen LogP contribution in [-0.2, 0) is 6.42 Å². The molecular weight excluding hydrogens is 382 g/mol. The smallest absolute Gasteiger partial charge is 0.256 e. The van der Waals surface area contributed by atoms with Gasteiger partial charge in [0.25, 0.3) is 11.8 Å². The summed E-state index contributed by atoms with van der Waals surface area (Å²) in [5.41, 5.74) is 2.38. The molecule has 0 radical (unpaired) electrons. The third kappa shape index (κ3) is 5.09. The van der Waals surface area contributed by atoms with Crippen molar-refractivity contribution in [2.24, 2.45) is 5.92 Å². The second-order valence-electron chi connectivity index (χ2n) is 6.63. The molecule has 2 heterocycles. The number of halogens is 1. The lowest BCUT2D eigenvalue weighted by Gasteiger charge is -2.17. The fraction of sp³-hybridized carbons (Fsp3) is 0.400. The van der Waals surface area contributed by atoms with Gasteiger partial charge in [0.1, 0.15) is 5.00 Å². The number of carbonyl (C=O) groups is 2. The largest absolute Gasteiger partial charge is 0.338 e. The molecule has 27 heavy (non-hydrogen) atoms. The van der Waals surface area contributed by atoms with E-state index in [4.69, 9.17) is 0 Å². The Labute approximate surface area is 170 Å². The standard InChI is InChI=1S/C20H25N3O2S.ClH/c1-3-14-4-6-16(7-5-14)18(24)22-19-17(9-11-26-19)20(25)23-10-8-15(13-23)12-21-2;/h4-7,9,11,15,21H,3,8,10,12-13H2,1-2H3,(H,22,24);1H. The summed E-state index contributed by atoms with van der Waals surface area (Å²) in [7, 11) is 1.93. The Morgan fingerprint density at radius 3 is 2.63 bits per heavy atom. The van der Waals surface area contributed by atoms with Crippen molar-refractivity contribution in [1.82, 2.24) is 10.2 Å². The monoisotopic (exact) mass is 407 g/mol. The van der Waals surface area contributed by atoms with Gasteiger partial charge < -0.3 is 15.5 Å². The van der Waals surface area contributed by atoms with E-state index >= 15 is 0 Å². The van der Waals surface area contributed by atoms with Crippen LogP contribution in [0.25, 0.3) is 0 Å². The summed E-state index contributed by atoms with van der Waals surface area (Å²) >= 11 is 1.39. The van der Waals surface area contributed by atoms with Crippen LogP contribution in [0.1, 0.15) is 39.6 Å². The molecule has 1 aromatic carbocycles. The second kappa shape index (κ2) is 9.88. The molecule has 0 bridgehead atoms. The molecule has 1 fully saturated rings. The summed E-state index contributed by atoms with van der Waals surface area (Å²) in [5, 5.41) is 8.55. The number of nitrogens with one attached hydrogen (secondary N) is 2. The quantitative estimate of drug-likeness (QED) is 0.768. The van der Waals surface area contributed by atoms with E-state index in [1.54, 1.807) is 6.07 Å². The third-order valence-electron chi connectivity index (χ3n) is 4.81. The molecule has 0 aliphatic carbocycles. The van der Waals surface area contributed by atoms with E-state index < -0.39 is 0 Å². The average Bonchev–Trinajstić information content (AvgIpc) is 3.31. The van der Waals surface area contributed by atoms with Crippen molar-refractivity contribution in [3.05, 3.63) is 52.4 Å². The van der Waals surface area contributed by atoms with Crippen molar-refractivity contribution in [2.75, 3.05) is 32.0 Å². The van der Waals surface area contributed by atoms with E-state index in [0.717, 1.165) is 32.5 Å². The molecular formula is C20H26ClN3O2S. The molecule has 1 atom stereocenters. The zero-order chi connectivity index (χ0) is 18.5. The average molecular weight is 408 g/mol. The molecule has 3 rings (SSSR count). The molecule has 146 valence electrons. The lowest BCUT2D eigenvalue weighted by Crippen LogP contribution is -2.30. The number of anilines is 1. The van der Waals surface area contributed by atoms with Gasteiger partial charge in [0.15, 0.2) is 0 Å².